The molecule has 0 saturated heterocycles. The van der Waals surface area contributed by atoms with E-state index in [9.17, 15) is 0 Å². The Morgan fingerprint density at radius 3 is 2.75 bits per heavy atom. The van der Waals surface area contributed by atoms with Gasteiger partial charge in [0.15, 0.2) is 0 Å². The lowest BCUT2D eigenvalue weighted by molar-refractivity contribution is 1.13. The van der Waals surface area contributed by atoms with Gasteiger partial charge in [0.2, 0.25) is 0 Å². The van der Waals surface area contributed by atoms with Crippen molar-refractivity contribution >= 4 is 5.65 Å². The van der Waals surface area contributed by atoms with Crippen LogP contribution in [0.5, 0.6) is 0 Å². The van der Waals surface area contributed by atoms with Crippen LogP contribution < -0.4 is 0 Å². The molecule has 0 spiro atoms. The first-order valence-corrected chi connectivity index (χ1v) is 5.20. The average Bonchev–Trinajstić information content (AvgIpc) is 2.78. The molecule has 78 valence electrons. The number of fused-ring (bicyclic) bond motifs is 1. The molecular weight excluding hydrogens is 198 g/mol. The maximum atomic E-state index is 4.39. The van der Waals surface area contributed by atoms with Crippen LogP contribution in [-0.4, -0.2) is 14.4 Å². The highest BCUT2D eigenvalue weighted by atomic mass is 15.0. The molecule has 16 heavy (non-hydrogen) atoms. The van der Waals surface area contributed by atoms with E-state index >= 15 is 0 Å². The molecule has 3 rings (SSSR count). The van der Waals surface area contributed by atoms with Gasteiger partial charge in [0.1, 0.15) is 5.65 Å². The molecule has 0 radical (unpaired) electrons. The summed E-state index contributed by atoms with van der Waals surface area (Å²) in [5.41, 5.74) is 4.23. The highest BCUT2D eigenvalue weighted by Gasteiger charge is 2.07. The molecule has 0 atom stereocenters. The van der Waals surface area contributed by atoms with E-state index in [0.29, 0.717) is 0 Å². The molecule has 0 unspecified atom stereocenters. The van der Waals surface area contributed by atoms with Crippen molar-refractivity contribution in [3.63, 3.8) is 0 Å². The number of hydrogen-bond acceptors (Lipinski definition) is 2. The lowest BCUT2D eigenvalue weighted by atomic mass is 10.1. The number of hydrogen-bond donors (Lipinski definition) is 0. The minimum Gasteiger partial charge on any atom is -0.298 e. The first-order chi connectivity index (χ1) is 7.86. The first kappa shape index (κ1) is 9.09. The number of imidazole rings is 1. The Balaban J connectivity index is 2.38. The molecule has 0 aliphatic heterocycles. The second-order valence-electron chi connectivity index (χ2n) is 3.74. The van der Waals surface area contributed by atoms with Crippen LogP contribution in [-0.2, 0) is 0 Å². The van der Waals surface area contributed by atoms with Crippen LogP contribution in [0.15, 0.2) is 48.9 Å². The van der Waals surface area contributed by atoms with Gasteiger partial charge in [-0.2, -0.15) is 0 Å². The van der Waals surface area contributed by atoms with Crippen LogP contribution >= 0.6 is 0 Å². The van der Waals surface area contributed by atoms with Gasteiger partial charge in [-0.1, -0.05) is 12.1 Å². The monoisotopic (exact) mass is 209 g/mol. The molecule has 0 N–H and O–H groups in total. The molecule has 3 aromatic rings. The lowest BCUT2D eigenvalue weighted by Gasteiger charge is -2.08. The zero-order valence-electron chi connectivity index (χ0n) is 8.96. The van der Waals surface area contributed by atoms with Crippen molar-refractivity contribution in [1.29, 1.82) is 0 Å². The van der Waals surface area contributed by atoms with Gasteiger partial charge in [0.25, 0.3) is 0 Å². The Kier molecular flexibility index (Phi) is 1.96. The first-order valence-electron chi connectivity index (χ1n) is 5.20. The fourth-order valence-electron chi connectivity index (χ4n) is 1.92. The lowest BCUT2D eigenvalue weighted by Crippen LogP contribution is -1.95. The van der Waals surface area contributed by atoms with Crippen molar-refractivity contribution in [3.8, 4) is 11.4 Å². The molecule has 0 amide bonds. The summed E-state index contributed by atoms with van der Waals surface area (Å²) >= 11 is 0. The number of aryl methyl sites for hydroxylation is 1. The summed E-state index contributed by atoms with van der Waals surface area (Å²) in [6.45, 7) is 2.09. The third-order valence-corrected chi connectivity index (χ3v) is 2.67. The Morgan fingerprint density at radius 1 is 1.00 bits per heavy atom. The van der Waals surface area contributed by atoms with E-state index in [-0.39, 0.29) is 0 Å². The van der Waals surface area contributed by atoms with Crippen LogP contribution in [0.2, 0.25) is 0 Å². The van der Waals surface area contributed by atoms with Gasteiger partial charge in [-0.15, -0.1) is 0 Å². The number of rotatable bonds is 1. The minimum absolute atomic E-state index is 0.950. The molecule has 3 heteroatoms. The van der Waals surface area contributed by atoms with Crippen molar-refractivity contribution in [2.24, 2.45) is 0 Å². The van der Waals surface area contributed by atoms with E-state index in [1.165, 1.54) is 5.56 Å². The van der Waals surface area contributed by atoms with Gasteiger partial charge in [0.05, 0.1) is 11.4 Å². The quantitative estimate of drug-likeness (QED) is 0.616. The third-order valence-electron chi connectivity index (χ3n) is 2.67. The summed E-state index contributed by atoms with van der Waals surface area (Å²) in [7, 11) is 0. The second kappa shape index (κ2) is 3.45. The van der Waals surface area contributed by atoms with Gasteiger partial charge in [-0.05, 0) is 30.7 Å². The molecule has 0 aromatic carbocycles. The molecule has 0 fully saturated rings. The molecule has 0 aliphatic rings. The zero-order chi connectivity index (χ0) is 11.0. The summed E-state index contributed by atoms with van der Waals surface area (Å²) in [4.78, 5) is 8.67. The van der Waals surface area contributed by atoms with Gasteiger partial charge < -0.3 is 0 Å². The number of pyridine rings is 2. The molecule has 0 saturated carbocycles. The maximum Gasteiger partial charge on any atom is 0.137 e. The Morgan fingerprint density at radius 2 is 1.94 bits per heavy atom. The van der Waals surface area contributed by atoms with Crippen LogP contribution in [0.3, 0.4) is 0 Å². The Hall–Kier alpha value is -2.16. The van der Waals surface area contributed by atoms with Crippen LogP contribution in [0.4, 0.5) is 0 Å². The molecule has 0 aliphatic carbocycles. The summed E-state index contributed by atoms with van der Waals surface area (Å²) in [5, 5.41) is 0. The van der Waals surface area contributed by atoms with Crippen molar-refractivity contribution in [2.75, 3.05) is 0 Å². The second-order valence-corrected chi connectivity index (χ2v) is 3.74. The average molecular weight is 209 g/mol. The highest BCUT2D eigenvalue weighted by Crippen LogP contribution is 2.22. The topological polar surface area (TPSA) is 30.2 Å². The van der Waals surface area contributed by atoms with Gasteiger partial charge in [-0.25, -0.2) is 4.98 Å². The van der Waals surface area contributed by atoms with Crippen molar-refractivity contribution in [1.82, 2.24) is 14.4 Å². The van der Waals surface area contributed by atoms with E-state index in [0.717, 1.165) is 17.0 Å². The molecule has 3 heterocycles. The van der Waals surface area contributed by atoms with E-state index < -0.39 is 0 Å². The largest absolute Gasteiger partial charge is 0.298 e. The van der Waals surface area contributed by atoms with Crippen LogP contribution in [0, 0.1) is 6.92 Å². The van der Waals surface area contributed by atoms with Crippen LogP contribution in [0.1, 0.15) is 5.56 Å². The summed E-state index contributed by atoms with van der Waals surface area (Å²) in [5.74, 6) is 0. The van der Waals surface area contributed by atoms with Gasteiger partial charge in [-0.3, -0.25) is 9.38 Å². The molecule has 3 aromatic heterocycles. The summed E-state index contributed by atoms with van der Waals surface area (Å²) in [6, 6.07) is 10.0. The smallest absolute Gasteiger partial charge is 0.137 e. The molecule has 3 nitrogen and oxygen atoms in total. The molecule has 0 bridgehead atoms. The van der Waals surface area contributed by atoms with Gasteiger partial charge in [0, 0.05) is 18.6 Å². The maximum absolute atomic E-state index is 4.39. The fraction of sp³-hybridized carbons (Fsp3) is 0.0769. The normalized spacial score (nSPS) is 10.8. The van der Waals surface area contributed by atoms with E-state index in [4.69, 9.17) is 0 Å². The fourth-order valence-corrected chi connectivity index (χ4v) is 1.92. The highest BCUT2D eigenvalue weighted by molar-refractivity contribution is 5.63. The van der Waals surface area contributed by atoms with Crippen LogP contribution in [0.25, 0.3) is 17.0 Å². The summed E-state index contributed by atoms with van der Waals surface area (Å²) in [6.07, 6.45) is 5.58. The summed E-state index contributed by atoms with van der Waals surface area (Å²) < 4.78 is 2.07. The van der Waals surface area contributed by atoms with E-state index in [1.807, 2.05) is 36.7 Å². The number of aromatic nitrogens is 3. The molecular formula is C13H11N3. The third kappa shape index (κ3) is 1.29. The standard InChI is InChI=1S/C13H11N3/c1-10-5-6-12-15-8-9-16(12)13(10)11-4-2-3-7-14-11/h2-9H,1H3. The van der Waals surface area contributed by atoms with Crippen molar-refractivity contribution in [2.45, 2.75) is 6.92 Å². The van der Waals surface area contributed by atoms with Crippen molar-refractivity contribution < 1.29 is 0 Å². The van der Waals surface area contributed by atoms with E-state index in [1.54, 1.807) is 6.20 Å². The number of nitrogens with zero attached hydrogens (tertiary/aromatic N) is 3. The minimum atomic E-state index is 0.950. The zero-order valence-corrected chi connectivity index (χ0v) is 8.96. The van der Waals surface area contributed by atoms with Gasteiger partial charge >= 0.3 is 0 Å². The predicted octanol–water partition coefficient (Wildman–Crippen LogP) is 2.70. The van der Waals surface area contributed by atoms with Crippen molar-refractivity contribution in [3.05, 3.63) is 54.5 Å². The predicted molar refractivity (Wildman–Crippen MR) is 63.2 cm³/mol. The van der Waals surface area contributed by atoms with E-state index in [2.05, 4.69) is 27.4 Å². The Labute approximate surface area is 93.4 Å². The SMILES string of the molecule is Cc1ccc2nccn2c1-c1ccccn1. The Bertz CT molecular complexity index is 626.